The SMILES string of the molecule is CCC1(C)CC1CC(C)C1CC1C. The standard InChI is InChI=1S/C13H24/c1-5-13(4)8-11(13)6-9(2)12-7-10(12)3/h9-12H,5-8H2,1-4H3. The van der Waals surface area contributed by atoms with Gasteiger partial charge in [0.1, 0.15) is 0 Å². The summed E-state index contributed by atoms with van der Waals surface area (Å²) in [6, 6.07) is 0. The average molecular weight is 180 g/mol. The van der Waals surface area contributed by atoms with Crippen molar-refractivity contribution in [1.29, 1.82) is 0 Å². The van der Waals surface area contributed by atoms with Crippen LogP contribution in [0.3, 0.4) is 0 Å². The Morgan fingerprint density at radius 1 is 1.46 bits per heavy atom. The van der Waals surface area contributed by atoms with Gasteiger partial charge in [-0.25, -0.2) is 0 Å². The van der Waals surface area contributed by atoms with E-state index >= 15 is 0 Å². The molecule has 0 N–H and O–H groups in total. The fourth-order valence-electron chi connectivity index (χ4n) is 3.07. The Kier molecular flexibility index (Phi) is 2.20. The van der Waals surface area contributed by atoms with Crippen molar-refractivity contribution in [2.45, 2.75) is 53.4 Å². The van der Waals surface area contributed by atoms with Gasteiger partial charge in [0, 0.05) is 0 Å². The Morgan fingerprint density at radius 3 is 2.46 bits per heavy atom. The molecule has 0 amide bonds. The molecule has 0 aliphatic heterocycles. The zero-order valence-electron chi connectivity index (χ0n) is 9.64. The summed E-state index contributed by atoms with van der Waals surface area (Å²) in [5.74, 6) is 4.21. The lowest BCUT2D eigenvalue weighted by molar-refractivity contribution is 0.373. The second-order valence-corrected chi connectivity index (χ2v) is 6.00. The summed E-state index contributed by atoms with van der Waals surface area (Å²) in [6.07, 6.45) is 5.93. The van der Waals surface area contributed by atoms with Crippen LogP contribution >= 0.6 is 0 Å². The molecule has 5 unspecified atom stereocenters. The second-order valence-electron chi connectivity index (χ2n) is 6.00. The topological polar surface area (TPSA) is 0 Å². The highest BCUT2D eigenvalue weighted by molar-refractivity contribution is 5.00. The van der Waals surface area contributed by atoms with E-state index in [4.69, 9.17) is 0 Å². The Hall–Kier alpha value is 0. The van der Waals surface area contributed by atoms with Gasteiger partial charge in [-0.15, -0.1) is 0 Å². The van der Waals surface area contributed by atoms with Crippen molar-refractivity contribution in [3.05, 3.63) is 0 Å². The molecule has 0 nitrogen and oxygen atoms in total. The first kappa shape index (κ1) is 9.55. The molecule has 5 atom stereocenters. The van der Waals surface area contributed by atoms with Crippen LogP contribution in [0.4, 0.5) is 0 Å². The zero-order valence-corrected chi connectivity index (χ0v) is 9.64. The Balaban J connectivity index is 1.74. The lowest BCUT2D eigenvalue weighted by atomic mass is 9.93. The van der Waals surface area contributed by atoms with Crippen molar-refractivity contribution < 1.29 is 0 Å². The van der Waals surface area contributed by atoms with Gasteiger partial charge in [-0.2, -0.15) is 0 Å². The molecular weight excluding hydrogens is 156 g/mol. The first-order chi connectivity index (χ1) is 6.07. The maximum absolute atomic E-state index is 2.47. The van der Waals surface area contributed by atoms with Crippen molar-refractivity contribution in [3.8, 4) is 0 Å². The fraction of sp³-hybridized carbons (Fsp3) is 1.00. The van der Waals surface area contributed by atoms with E-state index < -0.39 is 0 Å². The normalized spacial score (nSPS) is 50.3. The Morgan fingerprint density at radius 2 is 2.08 bits per heavy atom. The van der Waals surface area contributed by atoms with Crippen molar-refractivity contribution in [1.82, 2.24) is 0 Å². The molecule has 0 bridgehead atoms. The molecule has 13 heavy (non-hydrogen) atoms. The van der Waals surface area contributed by atoms with Crippen LogP contribution in [-0.2, 0) is 0 Å². The van der Waals surface area contributed by atoms with Gasteiger partial charge < -0.3 is 0 Å². The van der Waals surface area contributed by atoms with Gasteiger partial charge in [0.05, 0.1) is 0 Å². The summed E-state index contributed by atoms with van der Waals surface area (Å²) >= 11 is 0. The first-order valence-corrected chi connectivity index (χ1v) is 6.07. The summed E-state index contributed by atoms with van der Waals surface area (Å²) in [7, 11) is 0. The molecule has 0 saturated heterocycles. The first-order valence-electron chi connectivity index (χ1n) is 6.07. The monoisotopic (exact) mass is 180 g/mol. The molecule has 2 rings (SSSR count). The average Bonchev–Trinajstić information content (AvgIpc) is 2.93. The van der Waals surface area contributed by atoms with E-state index in [1.54, 1.807) is 0 Å². The molecule has 0 heteroatoms. The van der Waals surface area contributed by atoms with Gasteiger partial charge in [-0.3, -0.25) is 0 Å². The quantitative estimate of drug-likeness (QED) is 0.611. The summed E-state index contributed by atoms with van der Waals surface area (Å²) in [5.41, 5.74) is 0.742. The fourth-order valence-corrected chi connectivity index (χ4v) is 3.07. The predicted molar refractivity (Wildman–Crippen MR) is 57.6 cm³/mol. The minimum Gasteiger partial charge on any atom is -0.0649 e. The lowest BCUT2D eigenvalue weighted by Crippen LogP contribution is -2.04. The molecule has 0 aromatic heterocycles. The van der Waals surface area contributed by atoms with E-state index in [0.29, 0.717) is 0 Å². The van der Waals surface area contributed by atoms with Crippen molar-refractivity contribution >= 4 is 0 Å². The van der Waals surface area contributed by atoms with Crippen LogP contribution in [0.1, 0.15) is 53.4 Å². The van der Waals surface area contributed by atoms with E-state index in [-0.39, 0.29) is 0 Å². The summed E-state index contributed by atoms with van der Waals surface area (Å²) in [5, 5.41) is 0. The van der Waals surface area contributed by atoms with Crippen molar-refractivity contribution in [2.75, 3.05) is 0 Å². The van der Waals surface area contributed by atoms with E-state index in [9.17, 15) is 0 Å². The molecule has 76 valence electrons. The van der Waals surface area contributed by atoms with Gasteiger partial charge in [0.2, 0.25) is 0 Å². The molecule has 2 aliphatic carbocycles. The summed E-state index contributed by atoms with van der Waals surface area (Å²) < 4.78 is 0. The maximum atomic E-state index is 2.47. The summed E-state index contributed by atoms with van der Waals surface area (Å²) in [6.45, 7) is 9.71. The highest BCUT2D eigenvalue weighted by Gasteiger charge is 2.50. The molecule has 0 aromatic carbocycles. The van der Waals surface area contributed by atoms with Gasteiger partial charge in [0.25, 0.3) is 0 Å². The molecule has 2 saturated carbocycles. The van der Waals surface area contributed by atoms with E-state index in [0.717, 1.165) is 29.1 Å². The third-order valence-corrected chi connectivity index (χ3v) is 4.90. The third kappa shape index (κ3) is 1.78. The number of rotatable bonds is 4. The maximum Gasteiger partial charge on any atom is -0.0297 e. The highest BCUT2D eigenvalue weighted by Crippen LogP contribution is 2.59. The van der Waals surface area contributed by atoms with Gasteiger partial charge in [0.15, 0.2) is 0 Å². The van der Waals surface area contributed by atoms with Gasteiger partial charge in [-0.1, -0.05) is 34.1 Å². The minimum atomic E-state index is 0.742. The second kappa shape index (κ2) is 3.00. The zero-order chi connectivity index (χ0) is 9.64. The smallest absolute Gasteiger partial charge is 0.0297 e. The van der Waals surface area contributed by atoms with Crippen molar-refractivity contribution in [2.24, 2.45) is 29.1 Å². The van der Waals surface area contributed by atoms with Crippen LogP contribution in [0.2, 0.25) is 0 Å². The molecule has 2 fully saturated rings. The van der Waals surface area contributed by atoms with Gasteiger partial charge >= 0.3 is 0 Å². The minimum absolute atomic E-state index is 0.742. The molecule has 0 heterocycles. The van der Waals surface area contributed by atoms with Crippen LogP contribution < -0.4 is 0 Å². The number of hydrogen-bond donors (Lipinski definition) is 0. The van der Waals surface area contributed by atoms with E-state index in [1.807, 2.05) is 0 Å². The molecular formula is C13H24. The lowest BCUT2D eigenvalue weighted by Gasteiger charge is -2.13. The molecule has 2 aliphatic rings. The largest absolute Gasteiger partial charge is 0.0649 e. The third-order valence-electron chi connectivity index (χ3n) is 4.90. The predicted octanol–water partition coefficient (Wildman–Crippen LogP) is 4.10. The number of hydrogen-bond acceptors (Lipinski definition) is 0. The van der Waals surface area contributed by atoms with E-state index in [1.165, 1.54) is 25.7 Å². The van der Waals surface area contributed by atoms with Crippen LogP contribution in [0.15, 0.2) is 0 Å². The highest BCUT2D eigenvalue weighted by atomic mass is 14.5. The Labute approximate surface area is 83.1 Å². The van der Waals surface area contributed by atoms with E-state index in [2.05, 4.69) is 27.7 Å². The van der Waals surface area contributed by atoms with Crippen molar-refractivity contribution in [3.63, 3.8) is 0 Å². The van der Waals surface area contributed by atoms with Crippen LogP contribution in [0, 0.1) is 29.1 Å². The van der Waals surface area contributed by atoms with Gasteiger partial charge in [-0.05, 0) is 48.3 Å². The van der Waals surface area contributed by atoms with Crippen LogP contribution in [0.5, 0.6) is 0 Å². The Bertz CT molecular complexity index is 196. The van der Waals surface area contributed by atoms with Crippen LogP contribution in [-0.4, -0.2) is 0 Å². The molecule has 0 spiro atoms. The molecule has 0 radical (unpaired) electrons. The van der Waals surface area contributed by atoms with Crippen LogP contribution in [0.25, 0.3) is 0 Å². The molecule has 0 aromatic rings. The summed E-state index contributed by atoms with van der Waals surface area (Å²) in [4.78, 5) is 0.